The van der Waals surface area contributed by atoms with Crippen LogP contribution in [0, 0.1) is 5.82 Å². The van der Waals surface area contributed by atoms with Gasteiger partial charge in [-0.1, -0.05) is 18.2 Å². The van der Waals surface area contributed by atoms with Crippen molar-refractivity contribution in [3.63, 3.8) is 0 Å². The molecule has 5 rings (SSSR count). The first-order valence-corrected chi connectivity index (χ1v) is 11.3. The number of ether oxygens (including phenoxy) is 1. The molecule has 1 fully saturated rings. The first-order valence-electron chi connectivity index (χ1n) is 11.3. The van der Waals surface area contributed by atoms with Gasteiger partial charge in [-0.05, 0) is 36.8 Å². The molecule has 0 bridgehead atoms. The highest BCUT2D eigenvalue weighted by Crippen LogP contribution is 2.41. The molecule has 1 aromatic heterocycles. The number of nitrogens with one attached hydrogen (secondary N) is 1. The van der Waals surface area contributed by atoms with Crippen molar-refractivity contribution in [3.05, 3.63) is 89.3 Å². The summed E-state index contributed by atoms with van der Waals surface area (Å²) < 4.78 is 22.5. The molecule has 2 aliphatic rings. The lowest BCUT2D eigenvalue weighted by Gasteiger charge is -2.25. The molecule has 0 saturated carbocycles. The second kappa shape index (κ2) is 8.78. The Hall–Kier alpha value is -3.94. The highest BCUT2D eigenvalue weighted by molar-refractivity contribution is 6.46. The summed E-state index contributed by atoms with van der Waals surface area (Å²) in [5, 5.41) is 11.2. The van der Waals surface area contributed by atoms with Crippen LogP contribution in [0.5, 0.6) is 5.75 Å². The molecule has 0 spiro atoms. The molecule has 174 valence electrons. The Kier molecular flexibility index (Phi) is 5.65. The van der Waals surface area contributed by atoms with E-state index in [2.05, 4.69) is 4.98 Å². The SMILES string of the molecule is CC1Cc2cc(/C(O)=C3\C(=O)C(=O)N(CCC[n+]4cc[nH]c4)C3c3ccccc3F)ccc2O1. The number of H-pyrrole nitrogens is 1. The molecule has 2 aromatic carbocycles. The molecule has 2 aliphatic heterocycles. The van der Waals surface area contributed by atoms with Gasteiger partial charge in [0.2, 0.25) is 6.33 Å². The Balaban J connectivity index is 1.54. The number of aromatic amines is 1. The summed E-state index contributed by atoms with van der Waals surface area (Å²) >= 11 is 0. The Labute approximate surface area is 196 Å². The van der Waals surface area contributed by atoms with Gasteiger partial charge in [0.25, 0.3) is 11.7 Å². The van der Waals surface area contributed by atoms with Crippen molar-refractivity contribution in [1.82, 2.24) is 9.88 Å². The van der Waals surface area contributed by atoms with E-state index >= 15 is 0 Å². The number of ketones is 1. The lowest BCUT2D eigenvalue weighted by Crippen LogP contribution is -2.36. The van der Waals surface area contributed by atoms with Crippen LogP contribution in [-0.4, -0.2) is 39.3 Å². The smallest absolute Gasteiger partial charge is 0.295 e. The predicted molar refractivity (Wildman–Crippen MR) is 121 cm³/mol. The number of aliphatic hydroxyl groups excluding tert-OH is 1. The quantitative estimate of drug-likeness (QED) is 0.255. The number of benzene rings is 2. The third-order valence-electron chi connectivity index (χ3n) is 6.33. The van der Waals surface area contributed by atoms with E-state index in [1.807, 2.05) is 17.7 Å². The zero-order chi connectivity index (χ0) is 23.8. The molecule has 2 N–H and O–H groups in total. The van der Waals surface area contributed by atoms with Gasteiger partial charge in [0.05, 0.1) is 18.2 Å². The maximum atomic E-state index is 14.9. The number of aromatic nitrogens is 2. The largest absolute Gasteiger partial charge is 0.507 e. The van der Waals surface area contributed by atoms with Crippen LogP contribution in [0.25, 0.3) is 5.76 Å². The van der Waals surface area contributed by atoms with Crippen LogP contribution in [0.2, 0.25) is 0 Å². The van der Waals surface area contributed by atoms with E-state index in [-0.39, 0.29) is 29.5 Å². The molecule has 2 atom stereocenters. The molecular formula is C26H25FN3O4+. The van der Waals surface area contributed by atoms with Gasteiger partial charge < -0.3 is 14.7 Å². The molecule has 0 radical (unpaired) electrons. The Morgan fingerprint density at radius 2 is 2.09 bits per heavy atom. The third-order valence-corrected chi connectivity index (χ3v) is 6.33. The van der Waals surface area contributed by atoms with Gasteiger partial charge in [-0.25, -0.2) is 8.96 Å². The number of likely N-dealkylation sites (tertiary alicyclic amines) is 1. The number of aliphatic hydroxyl groups is 1. The maximum absolute atomic E-state index is 14.9. The van der Waals surface area contributed by atoms with Gasteiger partial charge >= 0.3 is 0 Å². The van der Waals surface area contributed by atoms with Gasteiger partial charge in [0.1, 0.15) is 35.8 Å². The van der Waals surface area contributed by atoms with Gasteiger partial charge in [0.15, 0.2) is 0 Å². The van der Waals surface area contributed by atoms with E-state index in [9.17, 15) is 19.1 Å². The fraction of sp³-hybridized carbons (Fsp3) is 0.269. The molecular weight excluding hydrogens is 437 g/mol. The van der Waals surface area contributed by atoms with Gasteiger partial charge in [-0.2, -0.15) is 0 Å². The molecule has 3 aromatic rings. The second-order valence-electron chi connectivity index (χ2n) is 8.67. The van der Waals surface area contributed by atoms with Crippen molar-refractivity contribution in [2.45, 2.75) is 38.5 Å². The van der Waals surface area contributed by atoms with E-state index in [0.29, 0.717) is 24.9 Å². The normalized spacial score (nSPS) is 21.1. The summed E-state index contributed by atoms with van der Waals surface area (Å²) in [6.07, 6.45) is 6.69. The number of hydrogen-bond donors (Lipinski definition) is 2. The topological polar surface area (TPSA) is 86.5 Å². The number of fused-ring (bicyclic) bond motifs is 1. The van der Waals surface area contributed by atoms with E-state index in [4.69, 9.17) is 4.74 Å². The molecule has 0 aliphatic carbocycles. The standard InChI is InChI=1S/C26H24FN3O4/c1-16-13-18-14-17(7-8-21(18)34-16)24(31)22-23(19-5-2-3-6-20(19)27)30(26(33)25(22)32)11-4-10-29-12-9-28-15-29/h2-3,5-9,12,14-16,23H,4,10-11,13H2,1H3,(H,31,32)/p+1. The number of amides is 1. The van der Waals surface area contributed by atoms with Crippen LogP contribution in [-0.2, 0) is 22.6 Å². The number of aryl methyl sites for hydroxylation is 1. The van der Waals surface area contributed by atoms with Crippen LogP contribution in [0.15, 0.2) is 66.8 Å². The van der Waals surface area contributed by atoms with Gasteiger partial charge in [0, 0.05) is 30.5 Å². The molecule has 34 heavy (non-hydrogen) atoms. The molecule has 2 unspecified atom stereocenters. The average Bonchev–Trinajstić information content (AvgIpc) is 3.53. The third kappa shape index (κ3) is 3.85. The minimum absolute atomic E-state index is 0.0225. The summed E-state index contributed by atoms with van der Waals surface area (Å²) in [5.41, 5.74) is 1.39. The monoisotopic (exact) mass is 462 g/mol. The van der Waals surface area contributed by atoms with Crippen LogP contribution in [0.1, 0.15) is 36.1 Å². The number of carbonyl (C=O) groups is 2. The highest BCUT2D eigenvalue weighted by Gasteiger charge is 2.46. The van der Waals surface area contributed by atoms with Gasteiger partial charge in [-0.3, -0.25) is 14.6 Å². The van der Waals surface area contributed by atoms with Crippen LogP contribution in [0.3, 0.4) is 0 Å². The Morgan fingerprint density at radius 1 is 1.26 bits per heavy atom. The van der Waals surface area contributed by atoms with Crippen molar-refractivity contribution in [3.8, 4) is 5.75 Å². The van der Waals surface area contributed by atoms with Crippen LogP contribution < -0.4 is 9.30 Å². The maximum Gasteiger partial charge on any atom is 0.295 e. The molecule has 3 heterocycles. The molecule has 1 saturated heterocycles. The van der Waals surface area contributed by atoms with E-state index < -0.39 is 23.5 Å². The minimum Gasteiger partial charge on any atom is -0.507 e. The van der Waals surface area contributed by atoms with Crippen molar-refractivity contribution < 1.29 is 28.4 Å². The van der Waals surface area contributed by atoms with Gasteiger partial charge in [-0.15, -0.1) is 0 Å². The summed E-state index contributed by atoms with van der Waals surface area (Å²) in [4.78, 5) is 30.5. The van der Waals surface area contributed by atoms with E-state index in [0.717, 1.165) is 11.3 Å². The fourth-order valence-electron chi connectivity index (χ4n) is 4.74. The molecule has 7 nitrogen and oxygen atoms in total. The summed E-state index contributed by atoms with van der Waals surface area (Å²) in [5.74, 6) is -1.67. The number of nitrogens with zero attached hydrogens (tertiary/aromatic N) is 2. The number of imidazole rings is 1. The van der Waals surface area contributed by atoms with Crippen molar-refractivity contribution >= 4 is 17.4 Å². The van der Waals surface area contributed by atoms with E-state index in [1.165, 1.54) is 11.0 Å². The Bertz CT molecular complexity index is 1280. The average molecular weight is 463 g/mol. The number of rotatable bonds is 6. The van der Waals surface area contributed by atoms with Crippen molar-refractivity contribution in [2.75, 3.05) is 6.54 Å². The molecule has 1 amide bonds. The first kappa shape index (κ1) is 21.9. The predicted octanol–water partition coefficient (Wildman–Crippen LogP) is 3.28. The second-order valence-corrected chi connectivity index (χ2v) is 8.67. The van der Waals surface area contributed by atoms with Crippen LogP contribution in [0.4, 0.5) is 4.39 Å². The van der Waals surface area contributed by atoms with Crippen LogP contribution >= 0.6 is 0 Å². The molecule has 8 heteroatoms. The summed E-state index contributed by atoms with van der Waals surface area (Å²) in [7, 11) is 0. The number of hydrogen-bond acceptors (Lipinski definition) is 4. The Morgan fingerprint density at radius 3 is 2.85 bits per heavy atom. The number of carbonyl (C=O) groups excluding carboxylic acids is 2. The highest BCUT2D eigenvalue weighted by atomic mass is 19.1. The summed E-state index contributed by atoms with van der Waals surface area (Å²) in [6.45, 7) is 2.79. The van der Waals surface area contributed by atoms with E-state index in [1.54, 1.807) is 48.9 Å². The van der Waals surface area contributed by atoms with Crippen molar-refractivity contribution in [1.29, 1.82) is 0 Å². The minimum atomic E-state index is -1.01. The first-order chi connectivity index (χ1) is 16.4. The number of Topliss-reactive ketones (excluding diaryl/α,β-unsaturated/α-hetero) is 1. The zero-order valence-electron chi connectivity index (χ0n) is 18.7. The lowest BCUT2D eigenvalue weighted by molar-refractivity contribution is -0.695. The zero-order valence-corrected chi connectivity index (χ0v) is 18.7. The fourth-order valence-corrected chi connectivity index (χ4v) is 4.74. The summed E-state index contributed by atoms with van der Waals surface area (Å²) in [6, 6.07) is 10.2. The number of halogens is 1. The van der Waals surface area contributed by atoms with Crippen molar-refractivity contribution in [2.24, 2.45) is 0 Å². The lowest BCUT2D eigenvalue weighted by atomic mass is 9.94.